The predicted molar refractivity (Wildman–Crippen MR) is 79.6 cm³/mol. The molecule has 0 unspecified atom stereocenters. The third kappa shape index (κ3) is 3.04. The van der Waals surface area contributed by atoms with E-state index >= 15 is 0 Å². The first-order chi connectivity index (χ1) is 8.67. The molecule has 1 N–H and O–H groups in total. The first-order valence-electron chi connectivity index (χ1n) is 7.14. The summed E-state index contributed by atoms with van der Waals surface area (Å²) in [5.41, 5.74) is 1.37. The number of hydrogen-bond acceptors (Lipinski definition) is 4. The number of aromatic nitrogens is 1. The summed E-state index contributed by atoms with van der Waals surface area (Å²) in [6.45, 7) is 11.9. The summed E-state index contributed by atoms with van der Waals surface area (Å²) in [5, 5.41) is 4.65. The molecule has 1 aromatic rings. The van der Waals surface area contributed by atoms with Gasteiger partial charge in [0, 0.05) is 29.9 Å². The van der Waals surface area contributed by atoms with Crippen molar-refractivity contribution in [1.29, 1.82) is 0 Å². The van der Waals surface area contributed by atoms with Gasteiger partial charge in [0.15, 0.2) is 5.13 Å². The van der Waals surface area contributed by atoms with Crippen molar-refractivity contribution in [2.45, 2.75) is 59.0 Å². The maximum Gasteiger partial charge on any atom is 0.186 e. The smallest absolute Gasteiger partial charge is 0.186 e. The minimum Gasteiger partial charge on any atom is -0.346 e. The molecule has 0 saturated heterocycles. The second kappa shape index (κ2) is 6.02. The van der Waals surface area contributed by atoms with Crippen LogP contribution in [0.5, 0.6) is 0 Å². The van der Waals surface area contributed by atoms with Crippen LogP contribution in [-0.4, -0.2) is 24.1 Å². The molecule has 3 nitrogen and oxygen atoms in total. The fourth-order valence-corrected chi connectivity index (χ4v) is 3.55. The molecule has 1 aliphatic rings. The molecule has 1 aliphatic carbocycles. The number of thiazole rings is 1. The zero-order valence-corrected chi connectivity index (χ0v) is 12.8. The molecule has 0 aromatic carbocycles. The Balaban J connectivity index is 2.20. The lowest BCUT2D eigenvalue weighted by molar-refractivity contribution is 0.698. The minimum absolute atomic E-state index is 0.528. The Morgan fingerprint density at radius 1 is 1.39 bits per heavy atom. The average molecular weight is 267 g/mol. The van der Waals surface area contributed by atoms with Crippen LogP contribution >= 0.6 is 11.3 Å². The van der Waals surface area contributed by atoms with E-state index in [0.29, 0.717) is 6.04 Å². The molecule has 0 bridgehead atoms. The zero-order chi connectivity index (χ0) is 13.1. The van der Waals surface area contributed by atoms with Gasteiger partial charge in [-0.3, -0.25) is 0 Å². The van der Waals surface area contributed by atoms with E-state index < -0.39 is 0 Å². The Morgan fingerprint density at radius 2 is 2.11 bits per heavy atom. The Labute approximate surface area is 115 Å². The third-order valence-corrected chi connectivity index (χ3v) is 4.53. The average Bonchev–Trinajstić information content (AvgIpc) is 3.09. The van der Waals surface area contributed by atoms with Crippen molar-refractivity contribution in [1.82, 2.24) is 10.3 Å². The first kappa shape index (κ1) is 13.8. The summed E-state index contributed by atoms with van der Waals surface area (Å²) < 4.78 is 0. The van der Waals surface area contributed by atoms with E-state index in [1.54, 1.807) is 0 Å². The van der Waals surface area contributed by atoms with Gasteiger partial charge < -0.3 is 10.2 Å². The molecular formula is C14H25N3S. The van der Waals surface area contributed by atoms with Crippen LogP contribution in [0.15, 0.2) is 0 Å². The molecule has 1 saturated carbocycles. The molecule has 0 atom stereocenters. The highest BCUT2D eigenvalue weighted by Gasteiger charge is 2.30. The Bertz CT molecular complexity index is 382. The maximum atomic E-state index is 4.92. The SMILES string of the molecule is CCNCc1sc(N(CC)C(C)C)nc1C1CC1. The monoisotopic (exact) mass is 267 g/mol. The fourth-order valence-electron chi connectivity index (χ4n) is 2.24. The van der Waals surface area contributed by atoms with Gasteiger partial charge in [0.05, 0.1) is 5.69 Å². The van der Waals surface area contributed by atoms with Crippen molar-refractivity contribution in [2.24, 2.45) is 0 Å². The van der Waals surface area contributed by atoms with E-state index in [-0.39, 0.29) is 0 Å². The molecule has 0 aliphatic heterocycles. The highest BCUT2D eigenvalue weighted by molar-refractivity contribution is 7.15. The molecule has 1 heterocycles. The number of hydrogen-bond donors (Lipinski definition) is 1. The lowest BCUT2D eigenvalue weighted by atomic mass is 10.2. The molecule has 18 heavy (non-hydrogen) atoms. The van der Waals surface area contributed by atoms with E-state index in [9.17, 15) is 0 Å². The number of anilines is 1. The Morgan fingerprint density at radius 3 is 2.61 bits per heavy atom. The van der Waals surface area contributed by atoms with Gasteiger partial charge in [-0.1, -0.05) is 6.92 Å². The van der Waals surface area contributed by atoms with Crippen molar-refractivity contribution in [3.05, 3.63) is 10.6 Å². The molecule has 1 aromatic heterocycles. The van der Waals surface area contributed by atoms with E-state index in [0.717, 1.165) is 25.6 Å². The number of nitrogens with one attached hydrogen (secondary N) is 1. The van der Waals surface area contributed by atoms with Gasteiger partial charge in [-0.05, 0) is 40.2 Å². The van der Waals surface area contributed by atoms with Gasteiger partial charge in [0.2, 0.25) is 0 Å². The molecule has 1 fully saturated rings. The van der Waals surface area contributed by atoms with Gasteiger partial charge in [0.25, 0.3) is 0 Å². The van der Waals surface area contributed by atoms with Crippen LogP contribution in [0.4, 0.5) is 5.13 Å². The van der Waals surface area contributed by atoms with Crippen molar-refractivity contribution < 1.29 is 0 Å². The summed E-state index contributed by atoms with van der Waals surface area (Å²) in [5.74, 6) is 0.745. The lowest BCUT2D eigenvalue weighted by Crippen LogP contribution is -2.30. The summed E-state index contributed by atoms with van der Waals surface area (Å²) in [7, 11) is 0. The quantitative estimate of drug-likeness (QED) is 0.821. The number of nitrogens with zero attached hydrogens (tertiary/aromatic N) is 2. The van der Waals surface area contributed by atoms with E-state index in [1.807, 2.05) is 11.3 Å². The van der Waals surface area contributed by atoms with Crippen LogP contribution in [0.3, 0.4) is 0 Å². The van der Waals surface area contributed by atoms with Crippen LogP contribution in [0.2, 0.25) is 0 Å². The topological polar surface area (TPSA) is 28.2 Å². The molecule has 4 heteroatoms. The molecular weight excluding hydrogens is 242 g/mol. The zero-order valence-electron chi connectivity index (χ0n) is 12.0. The van der Waals surface area contributed by atoms with Crippen molar-refractivity contribution >= 4 is 16.5 Å². The van der Waals surface area contributed by atoms with Gasteiger partial charge in [-0.25, -0.2) is 4.98 Å². The third-order valence-electron chi connectivity index (χ3n) is 3.43. The van der Waals surface area contributed by atoms with E-state index in [4.69, 9.17) is 4.98 Å². The summed E-state index contributed by atoms with van der Waals surface area (Å²) in [6, 6.07) is 0.528. The van der Waals surface area contributed by atoms with Crippen LogP contribution < -0.4 is 10.2 Å². The molecule has 0 amide bonds. The van der Waals surface area contributed by atoms with Crippen LogP contribution in [0.25, 0.3) is 0 Å². The largest absolute Gasteiger partial charge is 0.346 e. The van der Waals surface area contributed by atoms with E-state index in [1.165, 1.54) is 28.5 Å². The summed E-state index contributed by atoms with van der Waals surface area (Å²) in [6.07, 6.45) is 2.66. The van der Waals surface area contributed by atoms with Gasteiger partial charge in [-0.2, -0.15) is 0 Å². The molecule has 2 rings (SSSR count). The van der Waals surface area contributed by atoms with Crippen molar-refractivity contribution in [2.75, 3.05) is 18.0 Å². The molecule has 0 radical (unpaired) electrons. The molecule has 102 valence electrons. The van der Waals surface area contributed by atoms with Crippen molar-refractivity contribution in [3.63, 3.8) is 0 Å². The Kier molecular flexibility index (Phi) is 4.62. The minimum atomic E-state index is 0.528. The van der Waals surface area contributed by atoms with Crippen LogP contribution in [-0.2, 0) is 6.54 Å². The van der Waals surface area contributed by atoms with Crippen LogP contribution in [0.1, 0.15) is 57.0 Å². The Hall–Kier alpha value is -0.610. The highest BCUT2D eigenvalue weighted by atomic mass is 32.1. The van der Waals surface area contributed by atoms with Gasteiger partial charge >= 0.3 is 0 Å². The fraction of sp³-hybridized carbons (Fsp3) is 0.786. The maximum absolute atomic E-state index is 4.92. The van der Waals surface area contributed by atoms with Crippen LogP contribution in [0, 0.1) is 0 Å². The first-order valence-corrected chi connectivity index (χ1v) is 7.95. The predicted octanol–water partition coefficient (Wildman–Crippen LogP) is 3.36. The van der Waals surface area contributed by atoms with E-state index in [2.05, 4.69) is 37.9 Å². The standard InChI is InChI=1S/C14H25N3S/c1-5-15-9-12-13(11-7-8-11)16-14(18-12)17(6-2)10(3)4/h10-11,15H,5-9H2,1-4H3. The summed E-state index contributed by atoms with van der Waals surface area (Å²) >= 11 is 1.88. The van der Waals surface area contributed by atoms with Gasteiger partial charge in [0.1, 0.15) is 0 Å². The van der Waals surface area contributed by atoms with Gasteiger partial charge in [-0.15, -0.1) is 11.3 Å². The highest BCUT2D eigenvalue weighted by Crippen LogP contribution is 2.44. The molecule has 0 spiro atoms. The lowest BCUT2D eigenvalue weighted by Gasteiger charge is -2.24. The number of rotatable bonds is 7. The normalized spacial score (nSPS) is 15.4. The second-order valence-electron chi connectivity index (χ2n) is 5.24. The summed E-state index contributed by atoms with van der Waals surface area (Å²) in [4.78, 5) is 8.77. The second-order valence-corrected chi connectivity index (χ2v) is 6.30. The van der Waals surface area contributed by atoms with Crippen molar-refractivity contribution in [3.8, 4) is 0 Å².